The molecule has 2 atom stereocenters. The highest BCUT2D eigenvalue weighted by Crippen LogP contribution is 2.23. The van der Waals surface area contributed by atoms with Crippen LogP contribution in [0, 0.1) is 11.3 Å². The number of hydrogen-bond acceptors (Lipinski definition) is 5. The SMILES string of the molecule is CC(C)CC(O)COCC(C)(C)CSCC(O)CO. The maximum absolute atomic E-state index is 9.71. The van der Waals surface area contributed by atoms with Crippen molar-refractivity contribution in [3.63, 3.8) is 0 Å². The van der Waals surface area contributed by atoms with Crippen molar-refractivity contribution < 1.29 is 20.1 Å². The van der Waals surface area contributed by atoms with Gasteiger partial charge in [0.05, 0.1) is 32.0 Å². The Morgan fingerprint density at radius 2 is 1.79 bits per heavy atom. The largest absolute Gasteiger partial charge is 0.394 e. The molecule has 3 N–H and O–H groups in total. The molecule has 0 aromatic carbocycles. The van der Waals surface area contributed by atoms with E-state index < -0.39 is 6.10 Å². The van der Waals surface area contributed by atoms with Gasteiger partial charge in [-0.15, -0.1) is 0 Å². The third-order valence-electron chi connectivity index (χ3n) is 2.56. The molecule has 19 heavy (non-hydrogen) atoms. The Balaban J connectivity index is 3.72. The Bertz CT molecular complexity index is 221. The number of aliphatic hydroxyl groups excluding tert-OH is 3. The zero-order valence-corrected chi connectivity index (χ0v) is 13.4. The van der Waals surface area contributed by atoms with Crippen LogP contribution in [-0.4, -0.2) is 58.9 Å². The third kappa shape index (κ3) is 11.7. The van der Waals surface area contributed by atoms with E-state index in [0.717, 1.165) is 12.2 Å². The van der Waals surface area contributed by atoms with Gasteiger partial charge in [-0.2, -0.15) is 11.8 Å². The zero-order valence-electron chi connectivity index (χ0n) is 12.6. The minimum absolute atomic E-state index is 0.00259. The molecule has 2 unspecified atom stereocenters. The van der Waals surface area contributed by atoms with E-state index in [1.54, 1.807) is 11.8 Å². The van der Waals surface area contributed by atoms with Crippen molar-refractivity contribution in [3.8, 4) is 0 Å². The molecule has 0 saturated carbocycles. The number of hydrogen-bond donors (Lipinski definition) is 3. The van der Waals surface area contributed by atoms with Crippen molar-refractivity contribution in [2.75, 3.05) is 31.3 Å². The van der Waals surface area contributed by atoms with Crippen LogP contribution in [0.15, 0.2) is 0 Å². The lowest BCUT2D eigenvalue weighted by Gasteiger charge is -2.25. The topological polar surface area (TPSA) is 69.9 Å². The maximum atomic E-state index is 9.71. The molecular formula is C14H30O4S. The van der Waals surface area contributed by atoms with Gasteiger partial charge in [0, 0.05) is 11.5 Å². The molecule has 4 nitrogen and oxygen atoms in total. The quantitative estimate of drug-likeness (QED) is 0.539. The van der Waals surface area contributed by atoms with Crippen LogP contribution < -0.4 is 0 Å². The molecule has 0 aliphatic heterocycles. The molecule has 0 bridgehead atoms. The Labute approximate surface area is 121 Å². The average Bonchev–Trinajstić information content (AvgIpc) is 2.27. The summed E-state index contributed by atoms with van der Waals surface area (Å²) in [5.74, 6) is 1.86. The van der Waals surface area contributed by atoms with Crippen LogP contribution in [-0.2, 0) is 4.74 Å². The lowest BCUT2D eigenvalue weighted by atomic mass is 9.98. The number of thioether (sulfide) groups is 1. The number of ether oxygens (including phenoxy) is 1. The van der Waals surface area contributed by atoms with Gasteiger partial charge in [0.1, 0.15) is 0 Å². The van der Waals surface area contributed by atoms with E-state index in [2.05, 4.69) is 27.7 Å². The van der Waals surface area contributed by atoms with Crippen LogP contribution in [0.25, 0.3) is 0 Å². The molecule has 116 valence electrons. The maximum Gasteiger partial charge on any atom is 0.0861 e. The first-order chi connectivity index (χ1) is 8.76. The monoisotopic (exact) mass is 294 g/mol. The van der Waals surface area contributed by atoms with Crippen LogP contribution in [0.4, 0.5) is 0 Å². The Kier molecular flexibility index (Phi) is 10.1. The second kappa shape index (κ2) is 10.00. The number of rotatable bonds is 11. The van der Waals surface area contributed by atoms with Crippen LogP contribution >= 0.6 is 11.8 Å². The first kappa shape index (κ1) is 19.2. The molecule has 0 radical (unpaired) electrons. The van der Waals surface area contributed by atoms with Crippen molar-refractivity contribution in [2.24, 2.45) is 11.3 Å². The van der Waals surface area contributed by atoms with E-state index in [9.17, 15) is 10.2 Å². The van der Waals surface area contributed by atoms with Gasteiger partial charge in [-0.05, 0) is 17.8 Å². The van der Waals surface area contributed by atoms with Crippen LogP contribution in [0.5, 0.6) is 0 Å². The fourth-order valence-corrected chi connectivity index (χ4v) is 2.78. The normalized spacial score (nSPS) is 15.8. The summed E-state index contributed by atoms with van der Waals surface area (Å²) in [6, 6.07) is 0. The lowest BCUT2D eigenvalue weighted by molar-refractivity contribution is 0.000443. The summed E-state index contributed by atoms with van der Waals surface area (Å²) < 4.78 is 5.57. The highest BCUT2D eigenvalue weighted by atomic mass is 32.2. The molecule has 0 spiro atoms. The van der Waals surface area contributed by atoms with Gasteiger partial charge in [0.2, 0.25) is 0 Å². The molecular weight excluding hydrogens is 264 g/mol. The summed E-state index contributed by atoms with van der Waals surface area (Å²) in [6.45, 7) is 9.13. The van der Waals surface area contributed by atoms with E-state index in [-0.39, 0.29) is 18.1 Å². The van der Waals surface area contributed by atoms with Crippen molar-refractivity contribution in [3.05, 3.63) is 0 Å². The Hall–Kier alpha value is 0.190. The fourth-order valence-electron chi connectivity index (χ4n) is 1.65. The second-order valence-corrected chi connectivity index (χ2v) is 7.34. The second-order valence-electron chi connectivity index (χ2n) is 6.31. The van der Waals surface area contributed by atoms with Gasteiger partial charge >= 0.3 is 0 Å². The Morgan fingerprint density at radius 1 is 1.16 bits per heavy atom. The molecule has 0 fully saturated rings. The van der Waals surface area contributed by atoms with E-state index in [1.807, 2.05) is 0 Å². The summed E-state index contributed by atoms with van der Waals surface area (Å²) in [5, 5.41) is 27.7. The minimum atomic E-state index is -0.644. The molecule has 0 rings (SSSR count). The molecule has 5 heteroatoms. The van der Waals surface area contributed by atoms with Gasteiger partial charge in [-0.3, -0.25) is 0 Å². The van der Waals surface area contributed by atoms with Gasteiger partial charge in [-0.1, -0.05) is 27.7 Å². The molecule has 0 heterocycles. The standard InChI is InChI=1S/C14H30O4S/c1-11(2)5-12(16)7-18-9-14(3,4)10-19-8-13(17)6-15/h11-13,15-17H,5-10H2,1-4H3. The summed E-state index contributed by atoms with van der Waals surface area (Å²) >= 11 is 1.61. The van der Waals surface area contributed by atoms with Crippen LogP contribution in [0.3, 0.4) is 0 Å². The summed E-state index contributed by atoms with van der Waals surface area (Å²) in [4.78, 5) is 0. The predicted octanol–water partition coefficient (Wildman–Crippen LogP) is 1.52. The van der Waals surface area contributed by atoms with Crippen LogP contribution in [0.2, 0.25) is 0 Å². The lowest BCUT2D eigenvalue weighted by Crippen LogP contribution is -2.27. The van der Waals surface area contributed by atoms with Gasteiger partial charge < -0.3 is 20.1 Å². The fraction of sp³-hybridized carbons (Fsp3) is 1.00. The first-order valence-corrected chi connectivity index (χ1v) is 8.05. The van der Waals surface area contributed by atoms with Crippen molar-refractivity contribution in [2.45, 2.75) is 46.3 Å². The third-order valence-corrected chi connectivity index (χ3v) is 4.17. The summed E-state index contributed by atoms with van der Waals surface area (Å²) in [6.07, 6.45) is -0.271. The van der Waals surface area contributed by atoms with Gasteiger partial charge in [-0.25, -0.2) is 0 Å². The smallest absolute Gasteiger partial charge is 0.0861 e. The average molecular weight is 294 g/mol. The van der Waals surface area contributed by atoms with Crippen molar-refractivity contribution in [1.29, 1.82) is 0 Å². The highest BCUT2D eigenvalue weighted by molar-refractivity contribution is 7.99. The van der Waals surface area contributed by atoms with Crippen molar-refractivity contribution >= 4 is 11.8 Å². The first-order valence-electron chi connectivity index (χ1n) is 6.89. The van der Waals surface area contributed by atoms with E-state index in [1.165, 1.54) is 0 Å². The van der Waals surface area contributed by atoms with Gasteiger partial charge in [0.15, 0.2) is 0 Å². The highest BCUT2D eigenvalue weighted by Gasteiger charge is 2.19. The van der Waals surface area contributed by atoms with Gasteiger partial charge in [0.25, 0.3) is 0 Å². The van der Waals surface area contributed by atoms with Crippen LogP contribution in [0.1, 0.15) is 34.1 Å². The minimum Gasteiger partial charge on any atom is -0.394 e. The molecule has 0 amide bonds. The van der Waals surface area contributed by atoms with E-state index >= 15 is 0 Å². The summed E-state index contributed by atoms with van der Waals surface area (Å²) in [5.41, 5.74) is -0.00259. The van der Waals surface area contributed by atoms with E-state index in [0.29, 0.717) is 24.9 Å². The molecule has 0 aliphatic rings. The molecule has 0 aromatic rings. The summed E-state index contributed by atoms with van der Waals surface area (Å²) in [7, 11) is 0. The molecule has 0 saturated heterocycles. The Morgan fingerprint density at radius 3 is 2.32 bits per heavy atom. The van der Waals surface area contributed by atoms with Crippen molar-refractivity contribution in [1.82, 2.24) is 0 Å². The molecule has 0 aliphatic carbocycles. The molecule has 0 aromatic heterocycles. The predicted molar refractivity (Wildman–Crippen MR) is 80.5 cm³/mol. The number of aliphatic hydroxyl groups is 3. The van der Waals surface area contributed by atoms with E-state index in [4.69, 9.17) is 9.84 Å². The zero-order chi connectivity index (χ0) is 14.9.